The molecule has 2 aromatic rings. The summed E-state index contributed by atoms with van der Waals surface area (Å²) in [5.74, 6) is 1.71. The number of oxazole rings is 1. The molecule has 122 valence electrons. The molecule has 0 bridgehead atoms. The molecular weight excluding hydrogens is 292 g/mol. The molecule has 0 saturated carbocycles. The summed E-state index contributed by atoms with van der Waals surface area (Å²) in [7, 11) is 0. The summed E-state index contributed by atoms with van der Waals surface area (Å²) in [5.41, 5.74) is 2.17. The van der Waals surface area contributed by atoms with E-state index in [1.807, 2.05) is 25.1 Å². The number of benzene rings is 1. The highest BCUT2D eigenvalue weighted by molar-refractivity contribution is 5.77. The van der Waals surface area contributed by atoms with E-state index in [9.17, 15) is 4.79 Å². The molecule has 5 nitrogen and oxygen atoms in total. The Balaban J connectivity index is 1.59. The summed E-state index contributed by atoms with van der Waals surface area (Å²) in [4.78, 5) is 18.4. The van der Waals surface area contributed by atoms with Crippen LogP contribution in [0, 0.1) is 0 Å². The zero-order chi connectivity index (χ0) is 16.1. The summed E-state index contributed by atoms with van der Waals surface area (Å²) in [5, 5.41) is 0. The van der Waals surface area contributed by atoms with Crippen LogP contribution >= 0.6 is 0 Å². The lowest BCUT2D eigenvalue weighted by Crippen LogP contribution is -2.38. The Morgan fingerprint density at radius 1 is 1.30 bits per heavy atom. The predicted octanol–water partition coefficient (Wildman–Crippen LogP) is 2.38. The van der Waals surface area contributed by atoms with Crippen LogP contribution in [0.3, 0.4) is 0 Å². The molecule has 1 aromatic carbocycles. The highest BCUT2D eigenvalue weighted by Crippen LogP contribution is 2.21. The maximum absolute atomic E-state index is 12.0. The maximum Gasteiger partial charge on any atom is 0.248 e. The van der Waals surface area contributed by atoms with E-state index < -0.39 is 0 Å². The number of amides is 1. The van der Waals surface area contributed by atoms with Crippen molar-refractivity contribution in [3.8, 4) is 0 Å². The average Bonchev–Trinajstić information content (AvgIpc) is 3.00. The number of hydrogen-bond donors (Lipinski definition) is 0. The second-order valence-corrected chi connectivity index (χ2v) is 5.67. The molecule has 2 heterocycles. The topological polar surface area (TPSA) is 55.6 Å². The molecule has 23 heavy (non-hydrogen) atoms. The van der Waals surface area contributed by atoms with E-state index in [0.29, 0.717) is 19.7 Å². The number of fused-ring (bicyclic) bond motifs is 1. The van der Waals surface area contributed by atoms with E-state index in [0.717, 1.165) is 36.6 Å². The van der Waals surface area contributed by atoms with Gasteiger partial charge in [-0.05, 0) is 18.9 Å². The summed E-state index contributed by atoms with van der Waals surface area (Å²) < 4.78 is 11.1. The molecule has 1 aromatic heterocycles. The number of ether oxygens (including phenoxy) is 1. The maximum atomic E-state index is 12.0. The van der Waals surface area contributed by atoms with Crippen LogP contribution in [0.15, 0.2) is 34.7 Å². The van der Waals surface area contributed by atoms with Crippen LogP contribution in [-0.4, -0.2) is 35.5 Å². The van der Waals surface area contributed by atoms with Crippen LogP contribution in [-0.2, 0) is 35.3 Å². The lowest BCUT2D eigenvalue weighted by atomic mass is 10.1. The molecular formula is C18H22N2O3. The van der Waals surface area contributed by atoms with E-state index in [1.54, 1.807) is 4.90 Å². The van der Waals surface area contributed by atoms with Crippen molar-refractivity contribution in [3.05, 3.63) is 53.2 Å². The number of nitrogens with zero attached hydrogens (tertiary/aromatic N) is 2. The predicted molar refractivity (Wildman–Crippen MR) is 86.0 cm³/mol. The van der Waals surface area contributed by atoms with Crippen LogP contribution in [0.5, 0.6) is 0 Å². The molecule has 3 rings (SSSR count). The Labute approximate surface area is 136 Å². The van der Waals surface area contributed by atoms with E-state index in [-0.39, 0.29) is 12.5 Å². The fraction of sp³-hybridized carbons (Fsp3) is 0.444. The number of carbonyl (C=O) groups excluding carboxylic acids is 1. The minimum Gasteiger partial charge on any atom is -0.445 e. The van der Waals surface area contributed by atoms with Gasteiger partial charge < -0.3 is 14.1 Å². The quantitative estimate of drug-likeness (QED) is 0.821. The van der Waals surface area contributed by atoms with Gasteiger partial charge in [-0.25, -0.2) is 4.98 Å². The van der Waals surface area contributed by atoms with Gasteiger partial charge in [0, 0.05) is 26.0 Å². The van der Waals surface area contributed by atoms with Crippen LogP contribution in [0.4, 0.5) is 0 Å². The fourth-order valence-corrected chi connectivity index (χ4v) is 2.75. The molecule has 0 spiro atoms. The van der Waals surface area contributed by atoms with Crippen molar-refractivity contribution in [2.75, 3.05) is 19.8 Å². The third-order valence-electron chi connectivity index (χ3n) is 4.02. The summed E-state index contributed by atoms with van der Waals surface area (Å²) in [6.45, 7) is 3.78. The molecule has 0 fully saturated rings. The zero-order valence-corrected chi connectivity index (χ0v) is 13.5. The van der Waals surface area contributed by atoms with Gasteiger partial charge in [-0.2, -0.15) is 0 Å². The smallest absolute Gasteiger partial charge is 0.248 e. The van der Waals surface area contributed by atoms with Gasteiger partial charge >= 0.3 is 0 Å². The van der Waals surface area contributed by atoms with E-state index in [2.05, 4.69) is 17.1 Å². The zero-order valence-electron chi connectivity index (χ0n) is 13.5. The first kappa shape index (κ1) is 15.7. The van der Waals surface area contributed by atoms with E-state index >= 15 is 0 Å². The lowest BCUT2D eigenvalue weighted by molar-refractivity contribution is -0.137. The molecule has 0 radical (unpaired) electrons. The number of carbonyl (C=O) groups is 1. The molecule has 0 unspecified atom stereocenters. The Bertz CT molecular complexity index is 652. The molecule has 1 aliphatic heterocycles. The minimum atomic E-state index is 0.0198. The highest BCUT2D eigenvalue weighted by Gasteiger charge is 2.25. The van der Waals surface area contributed by atoms with Gasteiger partial charge in [-0.3, -0.25) is 4.79 Å². The van der Waals surface area contributed by atoms with Gasteiger partial charge in [0.2, 0.25) is 5.91 Å². The number of rotatable bonds is 6. The minimum absolute atomic E-state index is 0.0198. The second kappa shape index (κ2) is 7.42. The van der Waals surface area contributed by atoms with E-state index in [1.165, 1.54) is 5.56 Å². The number of aromatic nitrogens is 1. The molecule has 1 amide bonds. The Hall–Kier alpha value is -2.14. The van der Waals surface area contributed by atoms with Crippen LogP contribution < -0.4 is 0 Å². The molecule has 1 aliphatic rings. The molecule has 5 heteroatoms. The van der Waals surface area contributed by atoms with Crippen molar-refractivity contribution < 1.29 is 13.9 Å². The Morgan fingerprint density at radius 3 is 2.91 bits per heavy atom. The SMILES string of the molecule is CCOCC(=O)N1CCc2oc(CCc3ccccc3)nc2C1. The van der Waals surface area contributed by atoms with Gasteiger partial charge in [0.1, 0.15) is 18.1 Å². The first-order chi connectivity index (χ1) is 11.3. The summed E-state index contributed by atoms with van der Waals surface area (Å²) in [6, 6.07) is 10.3. The standard InChI is InChI=1S/C18H22N2O3/c1-2-22-13-18(21)20-11-10-16-15(12-20)19-17(23-16)9-8-14-6-4-3-5-7-14/h3-7H,2,8-13H2,1H3. The van der Waals surface area contributed by atoms with Gasteiger partial charge in [-0.1, -0.05) is 30.3 Å². The van der Waals surface area contributed by atoms with Crippen molar-refractivity contribution in [1.29, 1.82) is 0 Å². The summed E-state index contributed by atoms with van der Waals surface area (Å²) in [6.07, 6.45) is 2.42. The highest BCUT2D eigenvalue weighted by atomic mass is 16.5. The van der Waals surface area contributed by atoms with Crippen LogP contribution in [0.25, 0.3) is 0 Å². The second-order valence-electron chi connectivity index (χ2n) is 5.67. The van der Waals surface area contributed by atoms with E-state index in [4.69, 9.17) is 9.15 Å². The first-order valence-corrected chi connectivity index (χ1v) is 8.13. The van der Waals surface area contributed by atoms with Crippen molar-refractivity contribution in [2.24, 2.45) is 0 Å². The number of aryl methyl sites for hydroxylation is 2. The molecule has 0 saturated heterocycles. The number of hydrogen-bond acceptors (Lipinski definition) is 4. The van der Waals surface area contributed by atoms with Crippen LogP contribution in [0.1, 0.15) is 29.8 Å². The average molecular weight is 314 g/mol. The van der Waals surface area contributed by atoms with Gasteiger partial charge in [0.05, 0.1) is 6.54 Å². The Morgan fingerprint density at radius 2 is 2.13 bits per heavy atom. The largest absolute Gasteiger partial charge is 0.445 e. The van der Waals surface area contributed by atoms with Gasteiger partial charge in [0.25, 0.3) is 0 Å². The normalized spacial score (nSPS) is 13.9. The van der Waals surface area contributed by atoms with Crippen molar-refractivity contribution in [1.82, 2.24) is 9.88 Å². The molecule has 0 atom stereocenters. The monoisotopic (exact) mass is 314 g/mol. The summed E-state index contributed by atoms with van der Waals surface area (Å²) >= 11 is 0. The molecule has 0 N–H and O–H groups in total. The first-order valence-electron chi connectivity index (χ1n) is 8.13. The molecule has 0 aliphatic carbocycles. The van der Waals surface area contributed by atoms with Gasteiger partial charge in [-0.15, -0.1) is 0 Å². The van der Waals surface area contributed by atoms with Crippen molar-refractivity contribution >= 4 is 5.91 Å². The Kier molecular flexibility index (Phi) is 5.08. The van der Waals surface area contributed by atoms with Gasteiger partial charge in [0.15, 0.2) is 5.89 Å². The fourth-order valence-electron chi connectivity index (χ4n) is 2.75. The van der Waals surface area contributed by atoms with Crippen LogP contribution in [0.2, 0.25) is 0 Å². The third-order valence-corrected chi connectivity index (χ3v) is 4.02. The van der Waals surface area contributed by atoms with Crippen molar-refractivity contribution in [3.63, 3.8) is 0 Å². The third kappa shape index (κ3) is 3.99. The van der Waals surface area contributed by atoms with Crippen molar-refractivity contribution in [2.45, 2.75) is 32.7 Å². The lowest BCUT2D eigenvalue weighted by Gasteiger charge is -2.25.